The fourth-order valence-electron chi connectivity index (χ4n) is 1.32. The third-order valence-corrected chi connectivity index (χ3v) is 2.19. The molecular formula is C13H17NO. The van der Waals surface area contributed by atoms with Gasteiger partial charge < -0.3 is 4.74 Å². The van der Waals surface area contributed by atoms with Gasteiger partial charge in [-0.2, -0.15) is 5.26 Å². The second-order valence-corrected chi connectivity index (χ2v) is 3.69. The molecule has 0 aromatic heterocycles. The SMILES string of the molecule is CC(C#N)COCCCc1ccccc1. The van der Waals surface area contributed by atoms with Crippen LogP contribution in [0.3, 0.4) is 0 Å². The van der Waals surface area contributed by atoms with Crippen LogP contribution >= 0.6 is 0 Å². The molecule has 1 aromatic carbocycles. The van der Waals surface area contributed by atoms with E-state index in [-0.39, 0.29) is 5.92 Å². The first kappa shape index (κ1) is 11.7. The van der Waals surface area contributed by atoms with Gasteiger partial charge in [-0.25, -0.2) is 0 Å². The van der Waals surface area contributed by atoms with Crippen LogP contribution in [0.25, 0.3) is 0 Å². The molecule has 1 unspecified atom stereocenters. The summed E-state index contributed by atoms with van der Waals surface area (Å²) in [5.74, 6) is 0.00160. The number of benzene rings is 1. The summed E-state index contributed by atoms with van der Waals surface area (Å²) in [4.78, 5) is 0. The molecule has 1 atom stereocenters. The largest absolute Gasteiger partial charge is 0.380 e. The molecule has 0 amide bonds. The van der Waals surface area contributed by atoms with Gasteiger partial charge in [-0.1, -0.05) is 30.3 Å². The average Bonchev–Trinajstić information content (AvgIpc) is 2.29. The molecule has 0 saturated heterocycles. The van der Waals surface area contributed by atoms with Crippen molar-refractivity contribution in [3.05, 3.63) is 35.9 Å². The summed E-state index contributed by atoms with van der Waals surface area (Å²) in [6.45, 7) is 3.16. The topological polar surface area (TPSA) is 33.0 Å². The normalized spacial score (nSPS) is 12.0. The molecule has 2 heteroatoms. The van der Waals surface area contributed by atoms with E-state index in [1.54, 1.807) is 0 Å². The number of nitriles is 1. The molecule has 0 N–H and O–H groups in total. The number of nitrogens with zero attached hydrogens (tertiary/aromatic N) is 1. The van der Waals surface area contributed by atoms with Gasteiger partial charge in [-0.05, 0) is 25.3 Å². The van der Waals surface area contributed by atoms with E-state index in [0.29, 0.717) is 6.61 Å². The predicted molar refractivity (Wildman–Crippen MR) is 60.4 cm³/mol. The Bertz CT molecular complexity index is 302. The van der Waals surface area contributed by atoms with Gasteiger partial charge in [0.05, 0.1) is 18.6 Å². The molecule has 0 aliphatic rings. The fraction of sp³-hybridized carbons (Fsp3) is 0.462. The first-order valence-corrected chi connectivity index (χ1v) is 5.34. The second-order valence-electron chi connectivity index (χ2n) is 3.69. The summed E-state index contributed by atoms with van der Waals surface area (Å²) in [5.41, 5.74) is 1.34. The summed E-state index contributed by atoms with van der Waals surface area (Å²) in [7, 11) is 0. The van der Waals surface area contributed by atoms with Crippen LogP contribution < -0.4 is 0 Å². The van der Waals surface area contributed by atoms with Crippen LogP contribution in [-0.2, 0) is 11.2 Å². The minimum absolute atomic E-state index is 0.00160. The minimum Gasteiger partial charge on any atom is -0.380 e. The van der Waals surface area contributed by atoms with Crippen LogP contribution in [0, 0.1) is 17.2 Å². The Morgan fingerprint density at radius 3 is 2.73 bits per heavy atom. The molecule has 1 rings (SSSR count). The third kappa shape index (κ3) is 5.19. The summed E-state index contributed by atoms with van der Waals surface area (Å²) in [6, 6.07) is 12.5. The highest BCUT2D eigenvalue weighted by atomic mass is 16.5. The Morgan fingerprint density at radius 1 is 1.33 bits per heavy atom. The molecular weight excluding hydrogens is 186 g/mol. The Morgan fingerprint density at radius 2 is 2.07 bits per heavy atom. The van der Waals surface area contributed by atoms with Crippen LogP contribution in [0.4, 0.5) is 0 Å². The number of aryl methyl sites for hydroxylation is 1. The van der Waals surface area contributed by atoms with Gasteiger partial charge >= 0.3 is 0 Å². The number of hydrogen-bond acceptors (Lipinski definition) is 2. The van der Waals surface area contributed by atoms with Gasteiger partial charge in [-0.15, -0.1) is 0 Å². The van der Waals surface area contributed by atoms with Gasteiger partial charge in [0.15, 0.2) is 0 Å². The first-order chi connectivity index (χ1) is 7.33. The predicted octanol–water partition coefficient (Wildman–Crippen LogP) is 2.80. The van der Waals surface area contributed by atoms with Crippen LogP contribution in [0.1, 0.15) is 18.9 Å². The van der Waals surface area contributed by atoms with Crippen LogP contribution in [0.15, 0.2) is 30.3 Å². The van der Waals surface area contributed by atoms with E-state index in [1.165, 1.54) is 5.56 Å². The molecule has 0 heterocycles. The molecule has 80 valence electrons. The van der Waals surface area contributed by atoms with Crippen molar-refractivity contribution >= 4 is 0 Å². The average molecular weight is 203 g/mol. The van der Waals surface area contributed by atoms with Gasteiger partial charge in [0.25, 0.3) is 0 Å². The lowest BCUT2D eigenvalue weighted by Gasteiger charge is -2.05. The molecule has 0 spiro atoms. The van der Waals surface area contributed by atoms with Crippen molar-refractivity contribution < 1.29 is 4.74 Å². The Balaban J connectivity index is 2.06. The molecule has 0 fully saturated rings. The highest BCUT2D eigenvalue weighted by Gasteiger charge is 1.98. The molecule has 15 heavy (non-hydrogen) atoms. The van der Waals surface area contributed by atoms with Crippen LogP contribution in [0.5, 0.6) is 0 Å². The molecule has 0 aliphatic heterocycles. The molecule has 0 bridgehead atoms. The van der Waals surface area contributed by atoms with Gasteiger partial charge in [-0.3, -0.25) is 0 Å². The second kappa shape index (κ2) is 7.03. The zero-order valence-corrected chi connectivity index (χ0v) is 9.15. The highest BCUT2D eigenvalue weighted by molar-refractivity contribution is 5.14. The molecule has 0 radical (unpaired) electrons. The quantitative estimate of drug-likeness (QED) is 0.666. The molecule has 1 aromatic rings. The van der Waals surface area contributed by atoms with Crippen LogP contribution in [0.2, 0.25) is 0 Å². The lowest BCUT2D eigenvalue weighted by Crippen LogP contribution is -2.05. The van der Waals surface area contributed by atoms with Crippen molar-refractivity contribution in [1.82, 2.24) is 0 Å². The third-order valence-electron chi connectivity index (χ3n) is 2.19. The van der Waals surface area contributed by atoms with E-state index in [2.05, 4.69) is 18.2 Å². The zero-order chi connectivity index (χ0) is 10.9. The maximum Gasteiger partial charge on any atom is 0.0677 e. The van der Waals surface area contributed by atoms with E-state index < -0.39 is 0 Å². The highest BCUT2D eigenvalue weighted by Crippen LogP contribution is 2.02. The van der Waals surface area contributed by atoms with E-state index in [1.807, 2.05) is 25.1 Å². The van der Waals surface area contributed by atoms with Gasteiger partial charge in [0, 0.05) is 6.61 Å². The van der Waals surface area contributed by atoms with Crippen molar-refractivity contribution in [3.8, 4) is 6.07 Å². The van der Waals surface area contributed by atoms with E-state index in [0.717, 1.165) is 19.4 Å². The van der Waals surface area contributed by atoms with E-state index >= 15 is 0 Å². The Kier molecular flexibility index (Phi) is 5.50. The molecule has 2 nitrogen and oxygen atoms in total. The monoisotopic (exact) mass is 203 g/mol. The Labute approximate surface area is 91.5 Å². The maximum absolute atomic E-state index is 8.54. The summed E-state index contributed by atoms with van der Waals surface area (Å²) in [6.07, 6.45) is 2.06. The van der Waals surface area contributed by atoms with Crippen molar-refractivity contribution in [3.63, 3.8) is 0 Å². The van der Waals surface area contributed by atoms with Crippen molar-refractivity contribution in [2.45, 2.75) is 19.8 Å². The number of hydrogen-bond donors (Lipinski definition) is 0. The standard InChI is InChI=1S/C13H17NO/c1-12(10-14)11-15-9-5-8-13-6-3-2-4-7-13/h2-4,6-7,12H,5,8-9,11H2,1H3. The van der Waals surface area contributed by atoms with E-state index in [4.69, 9.17) is 10.00 Å². The van der Waals surface area contributed by atoms with Crippen molar-refractivity contribution in [1.29, 1.82) is 5.26 Å². The van der Waals surface area contributed by atoms with Crippen LogP contribution in [-0.4, -0.2) is 13.2 Å². The first-order valence-electron chi connectivity index (χ1n) is 5.34. The van der Waals surface area contributed by atoms with Gasteiger partial charge in [0.2, 0.25) is 0 Å². The lowest BCUT2D eigenvalue weighted by molar-refractivity contribution is 0.116. The minimum atomic E-state index is 0.00160. The molecule has 0 saturated carbocycles. The molecule has 0 aliphatic carbocycles. The summed E-state index contributed by atoms with van der Waals surface area (Å²) in [5, 5.41) is 8.54. The summed E-state index contributed by atoms with van der Waals surface area (Å²) >= 11 is 0. The van der Waals surface area contributed by atoms with Crippen molar-refractivity contribution in [2.75, 3.05) is 13.2 Å². The lowest BCUT2D eigenvalue weighted by atomic mass is 10.1. The zero-order valence-electron chi connectivity index (χ0n) is 9.15. The van der Waals surface area contributed by atoms with Gasteiger partial charge in [0.1, 0.15) is 0 Å². The number of rotatable bonds is 6. The smallest absolute Gasteiger partial charge is 0.0677 e. The Hall–Kier alpha value is -1.33. The van der Waals surface area contributed by atoms with E-state index in [9.17, 15) is 0 Å². The maximum atomic E-state index is 8.54. The fourth-order valence-corrected chi connectivity index (χ4v) is 1.32. The summed E-state index contributed by atoms with van der Waals surface area (Å²) < 4.78 is 5.39. The number of ether oxygens (including phenoxy) is 1. The van der Waals surface area contributed by atoms with Crippen molar-refractivity contribution in [2.24, 2.45) is 5.92 Å².